The van der Waals surface area contributed by atoms with Crippen LogP contribution in [-0.2, 0) is 4.74 Å². The maximum absolute atomic E-state index is 11.8. The molecule has 0 aromatic carbocycles. The number of halogens is 1. The molecular weight excluding hydrogens is 406 g/mol. The fourth-order valence-corrected chi connectivity index (χ4v) is 3.27. The highest BCUT2D eigenvalue weighted by atomic mass is 127. The molecule has 0 unspecified atom stereocenters. The largest absolute Gasteiger partial charge is 0.499 e. The number of hydrogen-bond donors (Lipinski definition) is 3. The van der Waals surface area contributed by atoms with Crippen molar-refractivity contribution in [2.45, 2.75) is 26.4 Å². The summed E-state index contributed by atoms with van der Waals surface area (Å²) in [5, 5.41) is 21.0. The van der Waals surface area contributed by atoms with Crippen molar-refractivity contribution in [1.29, 1.82) is 0 Å². The lowest BCUT2D eigenvalue weighted by atomic mass is 9.90. The monoisotopic (exact) mass is 420 g/mol. The molecule has 0 saturated carbocycles. The molecule has 0 aliphatic carbocycles. The van der Waals surface area contributed by atoms with Crippen molar-refractivity contribution in [1.82, 2.24) is 4.98 Å². The maximum atomic E-state index is 11.8. The van der Waals surface area contributed by atoms with E-state index in [4.69, 9.17) is 4.74 Å². The summed E-state index contributed by atoms with van der Waals surface area (Å²) in [5.41, 5.74) is 0.00507. The molecule has 21 heavy (non-hydrogen) atoms. The number of fused-ring (bicyclic) bond motifs is 1. The van der Waals surface area contributed by atoms with Gasteiger partial charge in [0.15, 0.2) is 0 Å². The molecule has 0 radical (unpaired) electrons. The summed E-state index contributed by atoms with van der Waals surface area (Å²) in [6.45, 7) is 5.34. The van der Waals surface area contributed by atoms with Gasteiger partial charge in [0.05, 0.1) is 13.8 Å². The quantitative estimate of drug-likeness (QED) is 0.511. The number of ether oxygens (including phenoxy) is 1. The number of carbonyl (C=O) groups excluding carboxylic acids is 1. The topological polar surface area (TPSA) is 91.7 Å². The number of pyridine rings is 1. The van der Waals surface area contributed by atoms with Crippen LogP contribution in [0.1, 0.15) is 20.8 Å². The van der Waals surface area contributed by atoms with Gasteiger partial charge >= 0.3 is 13.2 Å². The number of thiophene rings is 1. The van der Waals surface area contributed by atoms with Crippen LogP contribution in [0, 0.1) is 3.57 Å². The fraction of sp³-hybridized carbons (Fsp3) is 0.333. The highest BCUT2D eigenvalue weighted by Gasteiger charge is 2.19. The lowest BCUT2D eigenvalue weighted by Crippen LogP contribution is -2.27. The zero-order valence-corrected chi connectivity index (χ0v) is 14.7. The Bertz CT molecular complexity index is 684. The van der Waals surface area contributed by atoms with Crippen LogP contribution in [0.25, 0.3) is 10.2 Å². The minimum atomic E-state index is -1.52. The molecule has 0 aliphatic rings. The van der Waals surface area contributed by atoms with Gasteiger partial charge in [-0.05, 0) is 55.5 Å². The van der Waals surface area contributed by atoms with E-state index in [0.717, 1.165) is 8.27 Å². The average Bonchev–Trinajstić information content (AvgIpc) is 2.69. The first kappa shape index (κ1) is 16.5. The Morgan fingerprint density at radius 2 is 2.10 bits per heavy atom. The number of hydrogen-bond acceptors (Lipinski definition) is 6. The van der Waals surface area contributed by atoms with E-state index in [1.807, 2.05) is 6.07 Å². The van der Waals surface area contributed by atoms with Crippen LogP contribution in [0.5, 0.6) is 0 Å². The van der Waals surface area contributed by atoms with Gasteiger partial charge in [0.2, 0.25) is 0 Å². The maximum Gasteiger partial charge on any atom is 0.499 e. The summed E-state index contributed by atoms with van der Waals surface area (Å²) in [6, 6.07) is 3.41. The molecule has 0 fully saturated rings. The molecule has 6 nitrogen and oxygen atoms in total. The van der Waals surface area contributed by atoms with Crippen LogP contribution in [0.3, 0.4) is 0 Å². The lowest BCUT2D eigenvalue weighted by molar-refractivity contribution is 0.0635. The predicted molar refractivity (Wildman–Crippen MR) is 92.0 cm³/mol. The number of nitrogens with zero attached hydrogens (tertiary/aromatic N) is 1. The first-order valence-electron chi connectivity index (χ1n) is 6.12. The van der Waals surface area contributed by atoms with Gasteiger partial charge in [0.25, 0.3) is 0 Å². The molecule has 2 aromatic rings. The predicted octanol–water partition coefficient (Wildman–Crippen LogP) is 1.93. The van der Waals surface area contributed by atoms with Crippen molar-refractivity contribution >= 4 is 68.0 Å². The first-order valence-corrected chi connectivity index (χ1v) is 8.01. The van der Waals surface area contributed by atoms with Gasteiger partial charge < -0.3 is 14.8 Å². The van der Waals surface area contributed by atoms with Crippen LogP contribution < -0.4 is 10.1 Å². The molecule has 0 saturated heterocycles. The second kappa shape index (κ2) is 6.07. The number of amides is 1. The molecule has 2 heterocycles. The third-order valence-electron chi connectivity index (χ3n) is 2.35. The Morgan fingerprint density at radius 1 is 1.43 bits per heavy atom. The molecule has 0 aliphatic heterocycles. The normalized spacial score (nSPS) is 11.5. The summed E-state index contributed by atoms with van der Waals surface area (Å²) in [7, 11) is -1.52. The molecule has 0 spiro atoms. The standard InChI is InChI=1S/C12H14BIN2O4S/c1-12(2,3)20-11(17)16-10-6(14)4-8-7(15-10)5-9(21-8)13(18)19/h4-5,18-19H,1-3H3,(H,15,16,17). The van der Waals surface area contributed by atoms with Crippen LogP contribution >= 0.6 is 33.9 Å². The fourth-order valence-electron chi connectivity index (χ4n) is 1.58. The number of carbonyl (C=O) groups is 1. The Hall–Kier alpha value is -0.905. The first-order chi connectivity index (χ1) is 9.65. The lowest BCUT2D eigenvalue weighted by Gasteiger charge is -2.19. The highest BCUT2D eigenvalue weighted by Crippen LogP contribution is 2.25. The summed E-state index contributed by atoms with van der Waals surface area (Å²) < 4.78 is 7.15. The van der Waals surface area contributed by atoms with Crippen molar-refractivity contribution in [2.24, 2.45) is 0 Å². The number of anilines is 1. The molecule has 0 bridgehead atoms. The Balaban J connectivity index is 2.28. The third-order valence-corrected chi connectivity index (χ3v) is 4.28. The van der Waals surface area contributed by atoms with E-state index in [2.05, 4.69) is 32.9 Å². The summed E-state index contributed by atoms with van der Waals surface area (Å²) in [6.07, 6.45) is -0.579. The van der Waals surface area contributed by atoms with E-state index < -0.39 is 18.8 Å². The van der Waals surface area contributed by atoms with Crippen molar-refractivity contribution in [3.8, 4) is 0 Å². The smallest absolute Gasteiger partial charge is 0.444 e. The summed E-state index contributed by atoms with van der Waals surface area (Å²) in [5.74, 6) is 0.383. The van der Waals surface area contributed by atoms with Gasteiger partial charge in [-0.2, -0.15) is 0 Å². The molecule has 1 amide bonds. The van der Waals surface area contributed by atoms with Crippen molar-refractivity contribution in [3.05, 3.63) is 15.7 Å². The zero-order valence-electron chi connectivity index (χ0n) is 11.7. The number of rotatable bonds is 2. The van der Waals surface area contributed by atoms with E-state index in [-0.39, 0.29) is 0 Å². The van der Waals surface area contributed by atoms with Gasteiger partial charge in [-0.25, -0.2) is 9.78 Å². The number of nitrogens with one attached hydrogen (secondary N) is 1. The van der Waals surface area contributed by atoms with Crippen LogP contribution in [-0.4, -0.2) is 33.8 Å². The van der Waals surface area contributed by atoms with Crippen molar-refractivity contribution < 1.29 is 19.6 Å². The zero-order chi connectivity index (χ0) is 15.8. The van der Waals surface area contributed by atoms with E-state index in [9.17, 15) is 14.8 Å². The Labute approximate surface area is 139 Å². The minimum absolute atomic E-state index is 0.383. The molecule has 9 heteroatoms. The summed E-state index contributed by atoms with van der Waals surface area (Å²) >= 11 is 3.30. The van der Waals surface area contributed by atoms with Crippen molar-refractivity contribution in [2.75, 3.05) is 5.32 Å². The SMILES string of the molecule is CC(C)(C)OC(=O)Nc1nc2cc(B(O)O)sc2cc1I. The van der Waals surface area contributed by atoms with Crippen LogP contribution in [0.2, 0.25) is 0 Å². The van der Waals surface area contributed by atoms with Crippen LogP contribution in [0.15, 0.2) is 12.1 Å². The average molecular weight is 420 g/mol. The second-order valence-corrected chi connectivity index (χ2v) is 7.63. The van der Waals surface area contributed by atoms with E-state index >= 15 is 0 Å². The number of aromatic nitrogens is 1. The van der Waals surface area contributed by atoms with Crippen LogP contribution in [0.4, 0.5) is 10.6 Å². The van der Waals surface area contributed by atoms with Crippen molar-refractivity contribution in [3.63, 3.8) is 0 Å². The molecule has 0 atom stereocenters. The van der Waals surface area contributed by atoms with Gasteiger partial charge in [0, 0.05) is 4.78 Å². The van der Waals surface area contributed by atoms with E-state index in [1.54, 1.807) is 26.8 Å². The Morgan fingerprint density at radius 3 is 2.67 bits per heavy atom. The molecular formula is C12H14BIN2O4S. The second-order valence-electron chi connectivity index (χ2n) is 5.35. The van der Waals surface area contributed by atoms with E-state index in [1.165, 1.54) is 11.3 Å². The molecule has 2 aromatic heterocycles. The molecule has 2 rings (SSSR count). The summed E-state index contributed by atoms with van der Waals surface area (Å²) in [4.78, 5) is 16.1. The molecule has 112 valence electrons. The third kappa shape index (κ3) is 4.28. The Kier molecular flexibility index (Phi) is 4.76. The van der Waals surface area contributed by atoms with Gasteiger partial charge in [-0.3, -0.25) is 5.32 Å². The highest BCUT2D eigenvalue weighted by molar-refractivity contribution is 14.1. The minimum Gasteiger partial charge on any atom is -0.444 e. The van der Waals surface area contributed by atoms with Gasteiger partial charge in [-0.15, -0.1) is 11.3 Å². The van der Waals surface area contributed by atoms with Gasteiger partial charge in [0.1, 0.15) is 11.4 Å². The molecule has 3 N–H and O–H groups in total. The van der Waals surface area contributed by atoms with Gasteiger partial charge in [-0.1, -0.05) is 0 Å². The van der Waals surface area contributed by atoms with E-state index in [0.29, 0.717) is 16.1 Å².